The molecule has 3 aliphatic rings. The molecular formula is C25H31N3O5S. The van der Waals surface area contributed by atoms with E-state index >= 15 is 0 Å². The molecule has 0 atom stereocenters. The van der Waals surface area contributed by atoms with E-state index in [0.29, 0.717) is 31.9 Å². The zero-order valence-electron chi connectivity index (χ0n) is 19.2. The summed E-state index contributed by atoms with van der Waals surface area (Å²) in [5.74, 6) is 1.44. The van der Waals surface area contributed by atoms with Crippen molar-refractivity contribution in [1.82, 2.24) is 14.5 Å². The molecule has 1 N–H and O–H groups in total. The third-order valence-electron chi connectivity index (χ3n) is 6.74. The maximum atomic E-state index is 13.1. The van der Waals surface area contributed by atoms with Crippen LogP contribution in [0.4, 0.5) is 0 Å². The molecule has 0 spiro atoms. The van der Waals surface area contributed by atoms with Crippen molar-refractivity contribution in [1.29, 1.82) is 0 Å². The first-order valence-electron chi connectivity index (χ1n) is 12.0. The third-order valence-corrected chi connectivity index (χ3v) is 8.26. The summed E-state index contributed by atoms with van der Waals surface area (Å²) in [6, 6.07) is 12.4. The molecule has 8 nitrogen and oxygen atoms in total. The van der Waals surface area contributed by atoms with Crippen molar-refractivity contribution in [2.45, 2.75) is 43.2 Å². The third kappa shape index (κ3) is 5.21. The van der Waals surface area contributed by atoms with Gasteiger partial charge in [0.05, 0.1) is 4.90 Å². The predicted octanol–water partition coefficient (Wildman–Crippen LogP) is 2.64. The van der Waals surface area contributed by atoms with Crippen LogP contribution in [0.2, 0.25) is 0 Å². The number of nitrogens with zero attached hydrogens (tertiary/aromatic N) is 2. The first-order valence-corrected chi connectivity index (χ1v) is 13.5. The maximum Gasteiger partial charge on any atom is 0.253 e. The Morgan fingerprint density at radius 2 is 1.68 bits per heavy atom. The molecule has 0 aromatic heterocycles. The monoisotopic (exact) mass is 485 g/mol. The number of hydrogen-bond acceptors (Lipinski definition) is 6. The highest BCUT2D eigenvalue weighted by atomic mass is 32.2. The van der Waals surface area contributed by atoms with Crippen LogP contribution in [0.25, 0.3) is 0 Å². The Morgan fingerprint density at radius 1 is 0.941 bits per heavy atom. The van der Waals surface area contributed by atoms with E-state index in [1.165, 1.54) is 6.07 Å². The Bertz CT molecular complexity index is 1140. The average molecular weight is 486 g/mol. The molecule has 2 aliphatic heterocycles. The number of carbonyl (C=O) groups is 1. The molecule has 1 saturated heterocycles. The van der Waals surface area contributed by atoms with E-state index < -0.39 is 10.0 Å². The van der Waals surface area contributed by atoms with E-state index in [1.54, 1.807) is 23.1 Å². The number of sulfonamides is 1. The number of amides is 1. The topological polar surface area (TPSA) is 88.2 Å². The lowest BCUT2D eigenvalue weighted by molar-refractivity contribution is 0.0628. The molecule has 9 heteroatoms. The van der Waals surface area contributed by atoms with Crippen LogP contribution in [0, 0.1) is 0 Å². The number of ether oxygens (including phenoxy) is 2. The van der Waals surface area contributed by atoms with Crippen LogP contribution in [0.1, 0.15) is 41.6 Å². The van der Waals surface area contributed by atoms with Gasteiger partial charge >= 0.3 is 0 Å². The minimum Gasteiger partial charge on any atom is -0.486 e. The summed E-state index contributed by atoms with van der Waals surface area (Å²) in [6.07, 6.45) is 3.83. The van der Waals surface area contributed by atoms with Gasteiger partial charge in [0.25, 0.3) is 5.91 Å². The Morgan fingerprint density at radius 3 is 2.44 bits per heavy atom. The summed E-state index contributed by atoms with van der Waals surface area (Å²) < 4.78 is 39.6. The minimum absolute atomic E-state index is 0.00774. The van der Waals surface area contributed by atoms with Gasteiger partial charge in [-0.25, -0.2) is 13.1 Å². The first-order chi connectivity index (χ1) is 16.5. The summed E-state index contributed by atoms with van der Waals surface area (Å²) in [6.45, 7) is 4.62. The number of nitrogens with one attached hydrogen (secondary N) is 1. The van der Waals surface area contributed by atoms with Crippen molar-refractivity contribution in [3.63, 3.8) is 0 Å². The van der Waals surface area contributed by atoms with Crippen molar-refractivity contribution in [3.8, 4) is 11.5 Å². The lowest BCUT2D eigenvalue weighted by Gasteiger charge is -2.35. The van der Waals surface area contributed by atoms with Gasteiger partial charge < -0.3 is 14.4 Å². The molecule has 2 aromatic carbocycles. The number of rotatable bonds is 6. The summed E-state index contributed by atoms with van der Waals surface area (Å²) >= 11 is 0. The van der Waals surface area contributed by atoms with E-state index in [-0.39, 0.29) is 16.8 Å². The smallest absolute Gasteiger partial charge is 0.253 e. The normalized spacial score (nSPS) is 19.4. The van der Waals surface area contributed by atoms with Gasteiger partial charge in [-0.3, -0.25) is 9.69 Å². The van der Waals surface area contributed by atoms with Crippen LogP contribution in [0.5, 0.6) is 11.5 Å². The fourth-order valence-corrected chi connectivity index (χ4v) is 6.21. The molecule has 5 rings (SSSR count). The molecule has 1 saturated carbocycles. The van der Waals surface area contributed by atoms with Gasteiger partial charge in [-0.15, -0.1) is 0 Å². The lowest BCUT2D eigenvalue weighted by Crippen LogP contribution is -2.48. The fourth-order valence-electron chi connectivity index (χ4n) is 4.86. The van der Waals surface area contributed by atoms with Gasteiger partial charge in [-0.2, -0.15) is 0 Å². The van der Waals surface area contributed by atoms with Crippen LogP contribution >= 0.6 is 0 Å². The van der Waals surface area contributed by atoms with Gasteiger partial charge in [0.1, 0.15) is 13.2 Å². The van der Waals surface area contributed by atoms with E-state index in [4.69, 9.17) is 9.47 Å². The van der Waals surface area contributed by atoms with E-state index in [1.807, 2.05) is 12.1 Å². The number of benzene rings is 2. The fraction of sp³-hybridized carbons (Fsp3) is 0.480. The van der Waals surface area contributed by atoms with Crippen molar-refractivity contribution in [2.24, 2.45) is 0 Å². The Kier molecular flexibility index (Phi) is 6.76. The largest absolute Gasteiger partial charge is 0.486 e. The molecule has 0 radical (unpaired) electrons. The lowest BCUT2D eigenvalue weighted by atomic mass is 10.1. The molecule has 34 heavy (non-hydrogen) atoms. The highest BCUT2D eigenvalue weighted by Gasteiger charge is 2.26. The maximum absolute atomic E-state index is 13.1. The molecular weight excluding hydrogens is 454 g/mol. The second-order valence-corrected chi connectivity index (χ2v) is 10.9. The van der Waals surface area contributed by atoms with Crippen LogP contribution in [0.3, 0.4) is 0 Å². The SMILES string of the molecule is O=C(c1cccc(S(=O)(=O)NC2CCCC2)c1)N1CCN(Cc2ccc3c(c2)OCCO3)CC1. The van der Waals surface area contributed by atoms with Crippen molar-refractivity contribution >= 4 is 15.9 Å². The van der Waals surface area contributed by atoms with E-state index in [2.05, 4.69) is 15.7 Å². The Hall–Kier alpha value is -2.62. The quantitative estimate of drug-likeness (QED) is 0.677. The van der Waals surface area contributed by atoms with Crippen molar-refractivity contribution < 1.29 is 22.7 Å². The molecule has 2 fully saturated rings. The van der Waals surface area contributed by atoms with Crippen LogP contribution in [-0.4, -0.2) is 69.6 Å². The number of hydrogen-bond donors (Lipinski definition) is 1. The summed E-state index contributed by atoms with van der Waals surface area (Å²) in [4.78, 5) is 17.4. The highest BCUT2D eigenvalue weighted by molar-refractivity contribution is 7.89. The van der Waals surface area contributed by atoms with Crippen LogP contribution < -0.4 is 14.2 Å². The first kappa shape index (κ1) is 23.1. The van der Waals surface area contributed by atoms with Gasteiger partial charge in [0, 0.05) is 44.3 Å². The summed E-state index contributed by atoms with van der Waals surface area (Å²) in [5.41, 5.74) is 1.56. The van der Waals surface area contributed by atoms with Crippen molar-refractivity contribution in [2.75, 3.05) is 39.4 Å². The molecule has 0 bridgehead atoms. The van der Waals surface area contributed by atoms with Crippen LogP contribution in [-0.2, 0) is 16.6 Å². The van der Waals surface area contributed by atoms with Crippen LogP contribution in [0.15, 0.2) is 47.4 Å². The molecule has 2 heterocycles. The zero-order chi connectivity index (χ0) is 23.5. The molecule has 182 valence electrons. The number of piperazine rings is 1. The van der Waals surface area contributed by atoms with Gasteiger partial charge in [0.2, 0.25) is 10.0 Å². The van der Waals surface area contributed by atoms with E-state index in [0.717, 1.165) is 62.4 Å². The molecule has 0 unspecified atom stereocenters. The average Bonchev–Trinajstić information content (AvgIpc) is 3.36. The minimum atomic E-state index is -3.63. The Labute approximate surface area is 200 Å². The van der Waals surface area contributed by atoms with Gasteiger partial charge in [-0.1, -0.05) is 25.0 Å². The molecule has 1 amide bonds. The molecule has 1 aliphatic carbocycles. The number of carbonyl (C=O) groups excluding carboxylic acids is 1. The van der Waals surface area contributed by atoms with Gasteiger partial charge in [-0.05, 0) is 48.7 Å². The standard InChI is InChI=1S/C25H31N3O5S/c29-25(20-4-3-7-22(17-20)34(30,31)26-21-5-1-2-6-21)28-12-10-27(11-13-28)18-19-8-9-23-24(16-19)33-15-14-32-23/h3-4,7-9,16-17,21,26H,1-2,5-6,10-15,18H2. The second kappa shape index (κ2) is 9.93. The van der Waals surface area contributed by atoms with E-state index in [9.17, 15) is 13.2 Å². The molecule has 2 aromatic rings. The highest BCUT2D eigenvalue weighted by Crippen LogP contribution is 2.31. The number of fused-ring (bicyclic) bond motifs is 1. The predicted molar refractivity (Wildman–Crippen MR) is 128 cm³/mol. The zero-order valence-corrected chi connectivity index (χ0v) is 20.1. The second-order valence-electron chi connectivity index (χ2n) is 9.18. The van der Waals surface area contributed by atoms with Crippen molar-refractivity contribution in [3.05, 3.63) is 53.6 Å². The summed E-state index contributed by atoms with van der Waals surface area (Å²) in [5, 5.41) is 0. The Balaban J connectivity index is 1.18. The van der Waals surface area contributed by atoms with Gasteiger partial charge in [0.15, 0.2) is 11.5 Å². The summed E-state index contributed by atoms with van der Waals surface area (Å²) in [7, 11) is -3.63.